The van der Waals surface area contributed by atoms with Crippen molar-refractivity contribution in [1.82, 2.24) is 15.5 Å². The third kappa shape index (κ3) is 7.33. The van der Waals surface area contributed by atoms with Crippen molar-refractivity contribution < 1.29 is 9.21 Å². The van der Waals surface area contributed by atoms with E-state index in [9.17, 15) is 4.79 Å². The summed E-state index contributed by atoms with van der Waals surface area (Å²) in [6, 6.07) is 21.8. The second kappa shape index (κ2) is 11.6. The van der Waals surface area contributed by atoms with E-state index in [0.717, 1.165) is 42.2 Å². The van der Waals surface area contributed by atoms with Crippen LogP contribution in [0.2, 0.25) is 0 Å². The number of aliphatic imine (C=N–C) groups is 1. The van der Waals surface area contributed by atoms with Crippen molar-refractivity contribution in [2.45, 2.75) is 19.4 Å². The second-order valence-corrected chi connectivity index (χ2v) is 7.48. The molecular formula is C25H30N4O2. The molecule has 0 radical (unpaired) electrons. The van der Waals surface area contributed by atoms with Crippen LogP contribution < -0.4 is 10.6 Å². The van der Waals surface area contributed by atoms with Gasteiger partial charge < -0.3 is 20.0 Å². The largest absolute Gasteiger partial charge is 0.469 e. The monoisotopic (exact) mass is 418 g/mol. The highest BCUT2D eigenvalue weighted by Crippen LogP contribution is 2.08. The van der Waals surface area contributed by atoms with E-state index < -0.39 is 0 Å². The lowest BCUT2D eigenvalue weighted by atomic mass is 10.1. The topological polar surface area (TPSA) is 69.9 Å². The van der Waals surface area contributed by atoms with E-state index in [2.05, 4.69) is 22.8 Å². The van der Waals surface area contributed by atoms with Crippen LogP contribution in [0.4, 0.5) is 0 Å². The molecule has 6 nitrogen and oxygen atoms in total. The zero-order chi connectivity index (χ0) is 21.9. The molecule has 0 atom stereocenters. The smallest absolute Gasteiger partial charge is 0.253 e. The molecule has 3 aromatic rings. The Bertz CT molecular complexity index is 966. The van der Waals surface area contributed by atoms with Gasteiger partial charge in [-0.25, -0.2) is 4.99 Å². The van der Waals surface area contributed by atoms with Crippen LogP contribution in [0, 0.1) is 0 Å². The highest BCUT2D eigenvalue weighted by Gasteiger charge is 2.08. The molecule has 0 aliphatic heterocycles. The van der Waals surface area contributed by atoms with E-state index in [1.807, 2.05) is 54.6 Å². The molecule has 1 amide bonds. The van der Waals surface area contributed by atoms with Crippen LogP contribution in [0.25, 0.3) is 0 Å². The molecule has 1 aromatic heterocycles. The Balaban J connectivity index is 1.57. The molecule has 2 aromatic carbocycles. The van der Waals surface area contributed by atoms with E-state index in [1.165, 1.54) is 0 Å². The molecule has 0 fully saturated rings. The molecule has 0 aliphatic carbocycles. The molecule has 0 aliphatic rings. The number of hydrogen-bond donors (Lipinski definition) is 2. The molecular weight excluding hydrogens is 388 g/mol. The maximum absolute atomic E-state index is 12.2. The van der Waals surface area contributed by atoms with Crippen LogP contribution in [0.3, 0.4) is 0 Å². The third-order valence-electron chi connectivity index (χ3n) is 4.79. The van der Waals surface area contributed by atoms with Gasteiger partial charge in [0.1, 0.15) is 5.76 Å². The molecule has 3 rings (SSSR count). The Labute approximate surface area is 184 Å². The standard InChI is InChI=1S/C25H30N4O2/c1-29(2)24(30)22-11-6-10-20(18-22)13-15-26-25(27-16-14-23-12-7-17-31-23)28-19-21-8-4-3-5-9-21/h3-12,17-18H,13-16,19H2,1-2H3,(H2,26,27,28). The maximum Gasteiger partial charge on any atom is 0.253 e. The molecule has 1 heterocycles. The number of guanidine groups is 1. The highest BCUT2D eigenvalue weighted by molar-refractivity contribution is 5.94. The third-order valence-corrected chi connectivity index (χ3v) is 4.79. The van der Waals surface area contributed by atoms with Crippen molar-refractivity contribution in [3.8, 4) is 0 Å². The summed E-state index contributed by atoms with van der Waals surface area (Å²) in [6.07, 6.45) is 3.26. The summed E-state index contributed by atoms with van der Waals surface area (Å²) >= 11 is 0. The van der Waals surface area contributed by atoms with E-state index >= 15 is 0 Å². The molecule has 0 unspecified atom stereocenters. The van der Waals surface area contributed by atoms with Crippen LogP contribution in [-0.4, -0.2) is 44.0 Å². The minimum absolute atomic E-state index is 0.0134. The Morgan fingerprint density at radius 3 is 2.35 bits per heavy atom. The first-order chi connectivity index (χ1) is 15.1. The molecule has 31 heavy (non-hydrogen) atoms. The summed E-state index contributed by atoms with van der Waals surface area (Å²) in [6.45, 7) is 2.03. The second-order valence-electron chi connectivity index (χ2n) is 7.48. The fraction of sp³-hybridized carbons (Fsp3) is 0.280. The van der Waals surface area contributed by atoms with Crippen LogP contribution in [0.5, 0.6) is 0 Å². The van der Waals surface area contributed by atoms with Gasteiger partial charge in [-0.2, -0.15) is 0 Å². The lowest BCUT2D eigenvalue weighted by Gasteiger charge is -2.14. The first kappa shape index (κ1) is 22.2. The van der Waals surface area contributed by atoms with Crippen molar-refractivity contribution in [3.05, 3.63) is 95.4 Å². The zero-order valence-corrected chi connectivity index (χ0v) is 18.2. The minimum atomic E-state index is 0.0134. The van der Waals surface area contributed by atoms with Gasteiger partial charge in [-0.3, -0.25) is 4.79 Å². The van der Waals surface area contributed by atoms with Crippen molar-refractivity contribution in [1.29, 1.82) is 0 Å². The number of carbonyl (C=O) groups excluding carboxylic acids is 1. The quantitative estimate of drug-likeness (QED) is 0.412. The van der Waals surface area contributed by atoms with E-state index in [0.29, 0.717) is 18.7 Å². The van der Waals surface area contributed by atoms with Crippen molar-refractivity contribution in [2.75, 3.05) is 27.2 Å². The number of nitrogens with one attached hydrogen (secondary N) is 2. The summed E-state index contributed by atoms with van der Waals surface area (Å²) in [5, 5.41) is 6.78. The summed E-state index contributed by atoms with van der Waals surface area (Å²) in [5.41, 5.74) is 2.97. The van der Waals surface area contributed by atoms with Gasteiger partial charge in [-0.15, -0.1) is 0 Å². The minimum Gasteiger partial charge on any atom is -0.469 e. The van der Waals surface area contributed by atoms with Crippen molar-refractivity contribution >= 4 is 11.9 Å². The van der Waals surface area contributed by atoms with Gasteiger partial charge in [0.15, 0.2) is 5.96 Å². The number of amides is 1. The van der Waals surface area contributed by atoms with Crippen LogP contribution in [-0.2, 0) is 19.4 Å². The van der Waals surface area contributed by atoms with Gasteiger partial charge in [0.05, 0.1) is 12.8 Å². The van der Waals surface area contributed by atoms with Gasteiger partial charge in [0.2, 0.25) is 0 Å². The van der Waals surface area contributed by atoms with Crippen LogP contribution in [0.15, 0.2) is 82.4 Å². The van der Waals surface area contributed by atoms with E-state index in [-0.39, 0.29) is 5.91 Å². The number of carbonyl (C=O) groups is 1. The maximum atomic E-state index is 12.2. The van der Waals surface area contributed by atoms with Gasteiger partial charge in [0.25, 0.3) is 5.91 Å². The number of benzene rings is 2. The van der Waals surface area contributed by atoms with E-state index in [1.54, 1.807) is 25.3 Å². The lowest BCUT2D eigenvalue weighted by molar-refractivity contribution is 0.0827. The Hall–Kier alpha value is -3.54. The fourth-order valence-electron chi connectivity index (χ4n) is 3.13. The SMILES string of the molecule is CN(C)C(=O)c1cccc(CCNC(=NCc2ccccc2)NCCc2ccco2)c1. The summed E-state index contributed by atoms with van der Waals surface area (Å²) in [7, 11) is 3.53. The van der Waals surface area contributed by atoms with E-state index in [4.69, 9.17) is 9.41 Å². The highest BCUT2D eigenvalue weighted by atomic mass is 16.3. The first-order valence-electron chi connectivity index (χ1n) is 10.5. The molecule has 0 saturated heterocycles. The molecule has 0 saturated carbocycles. The molecule has 6 heteroatoms. The zero-order valence-electron chi connectivity index (χ0n) is 18.2. The normalized spacial score (nSPS) is 11.2. The van der Waals surface area contributed by atoms with Crippen LogP contribution >= 0.6 is 0 Å². The molecule has 0 bridgehead atoms. The number of hydrogen-bond acceptors (Lipinski definition) is 3. The van der Waals surface area contributed by atoms with Gasteiger partial charge in [-0.1, -0.05) is 42.5 Å². The van der Waals surface area contributed by atoms with Crippen molar-refractivity contribution in [3.63, 3.8) is 0 Å². The summed E-state index contributed by atoms with van der Waals surface area (Å²) in [4.78, 5) is 18.5. The average molecular weight is 419 g/mol. The summed E-state index contributed by atoms with van der Waals surface area (Å²) in [5.74, 6) is 1.72. The average Bonchev–Trinajstić information content (AvgIpc) is 3.31. The lowest BCUT2D eigenvalue weighted by Crippen LogP contribution is -2.39. The molecule has 162 valence electrons. The van der Waals surface area contributed by atoms with Gasteiger partial charge >= 0.3 is 0 Å². The Kier molecular flexibility index (Phi) is 8.29. The Morgan fingerprint density at radius 1 is 0.903 bits per heavy atom. The number of rotatable bonds is 9. The van der Waals surface area contributed by atoms with Gasteiger partial charge in [-0.05, 0) is 41.8 Å². The summed E-state index contributed by atoms with van der Waals surface area (Å²) < 4.78 is 5.40. The van der Waals surface area contributed by atoms with Gasteiger partial charge in [0, 0.05) is 39.2 Å². The first-order valence-corrected chi connectivity index (χ1v) is 10.5. The predicted octanol–water partition coefficient (Wildman–Crippen LogP) is 3.50. The number of nitrogens with zero attached hydrogens (tertiary/aromatic N) is 2. The Morgan fingerprint density at radius 2 is 1.65 bits per heavy atom. The number of furan rings is 1. The molecule has 2 N–H and O–H groups in total. The molecule has 0 spiro atoms. The van der Waals surface area contributed by atoms with Crippen LogP contribution in [0.1, 0.15) is 27.2 Å². The predicted molar refractivity (Wildman–Crippen MR) is 124 cm³/mol. The fourth-order valence-corrected chi connectivity index (χ4v) is 3.13. The van der Waals surface area contributed by atoms with Crippen molar-refractivity contribution in [2.24, 2.45) is 4.99 Å².